The molecule has 106 valence electrons. The van der Waals surface area contributed by atoms with Crippen molar-refractivity contribution >= 4 is 11.8 Å². The van der Waals surface area contributed by atoms with E-state index in [1.54, 1.807) is 0 Å². The Balaban J connectivity index is 2.09. The Labute approximate surface area is 116 Å². The molecule has 4 heteroatoms. The highest BCUT2D eigenvalue weighted by atomic mass is 32.2. The fourth-order valence-electron chi connectivity index (χ4n) is 3.68. The SMILES string of the molecule is CCN1CCN(C2(CN)CCCSC2C)CC1C. The molecule has 18 heavy (non-hydrogen) atoms. The maximum absolute atomic E-state index is 6.20. The van der Waals surface area contributed by atoms with Gasteiger partial charge in [-0.2, -0.15) is 11.8 Å². The lowest BCUT2D eigenvalue weighted by Gasteiger charge is -2.53. The van der Waals surface area contributed by atoms with Crippen molar-refractivity contribution in [2.45, 2.75) is 50.4 Å². The zero-order chi connectivity index (χ0) is 13.2. The van der Waals surface area contributed by atoms with Gasteiger partial charge in [0.25, 0.3) is 0 Å². The standard InChI is InChI=1S/C14H29N3S/c1-4-16-7-8-17(10-12(16)2)14(11-15)6-5-9-18-13(14)3/h12-13H,4-11,15H2,1-3H3. The van der Waals surface area contributed by atoms with E-state index in [0.717, 1.165) is 6.54 Å². The third kappa shape index (κ3) is 2.58. The molecule has 0 saturated carbocycles. The summed E-state index contributed by atoms with van der Waals surface area (Å²) in [5.74, 6) is 1.31. The number of hydrogen-bond acceptors (Lipinski definition) is 4. The van der Waals surface area contributed by atoms with Gasteiger partial charge < -0.3 is 5.73 Å². The first-order chi connectivity index (χ1) is 8.64. The lowest BCUT2D eigenvalue weighted by molar-refractivity contribution is 0.00438. The number of hydrogen-bond donors (Lipinski definition) is 1. The van der Waals surface area contributed by atoms with Crippen molar-refractivity contribution in [3.63, 3.8) is 0 Å². The average molecular weight is 271 g/mol. The summed E-state index contributed by atoms with van der Waals surface area (Å²) in [4.78, 5) is 5.29. The van der Waals surface area contributed by atoms with E-state index in [1.807, 2.05) is 0 Å². The number of likely N-dealkylation sites (N-methyl/N-ethyl adjacent to an activating group) is 1. The highest BCUT2D eigenvalue weighted by Crippen LogP contribution is 2.38. The molecule has 0 aromatic rings. The van der Waals surface area contributed by atoms with Crippen LogP contribution in [-0.4, -0.2) is 65.1 Å². The van der Waals surface area contributed by atoms with Crippen LogP contribution in [-0.2, 0) is 0 Å². The number of thioether (sulfide) groups is 1. The Morgan fingerprint density at radius 3 is 2.67 bits per heavy atom. The van der Waals surface area contributed by atoms with E-state index in [1.165, 1.54) is 44.8 Å². The number of nitrogens with two attached hydrogens (primary N) is 1. The summed E-state index contributed by atoms with van der Waals surface area (Å²) in [5.41, 5.74) is 6.46. The van der Waals surface area contributed by atoms with Crippen LogP contribution in [0.2, 0.25) is 0 Å². The van der Waals surface area contributed by atoms with Crippen molar-refractivity contribution in [1.29, 1.82) is 0 Å². The van der Waals surface area contributed by atoms with E-state index < -0.39 is 0 Å². The van der Waals surface area contributed by atoms with Crippen LogP contribution in [0.5, 0.6) is 0 Å². The normalized spacial score (nSPS) is 40.0. The van der Waals surface area contributed by atoms with Gasteiger partial charge in [-0.1, -0.05) is 13.8 Å². The van der Waals surface area contributed by atoms with Gasteiger partial charge in [0.2, 0.25) is 0 Å². The molecule has 0 amide bonds. The van der Waals surface area contributed by atoms with E-state index in [4.69, 9.17) is 5.73 Å². The molecule has 0 aliphatic carbocycles. The molecule has 0 bridgehead atoms. The topological polar surface area (TPSA) is 32.5 Å². The molecule has 0 spiro atoms. The average Bonchev–Trinajstić information content (AvgIpc) is 2.39. The van der Waals surface area contributed by atoms with Crippen LogP contribution in [0.15, 0.2) is 0 Å². The van der Waals surface area contributed by atoms with Crippen molar-refractivity contribution in [1.82, 2.24) is 9.80 Å². The summed E-state index contributed by atoms with van der Waals surface area (Å²) in [6.07, 6.45) is 2.62. The fraction of sp³-hybridized carbons (Fsp3) is 1.00. The first-order valence-corrected chi connectivity index (χ1v) is 8.49. The molecule has 0 aromatic heterocycles. The zero-order valence-corrected chi connectivity index (χ0v) is 13.0. The predicted molar refractivity (Wildman–Crippen MR) is 81.2 cm³/mol. The largest absolute Gasteiger partial charge is 0.329 e. The lowest BCUT2D eigenvalue weighted by atomic mass is 9.86. The summed E-state index contributed by atoms with van der Waals surface area (Å²) in [6.45, 7) is 12.6. The fourth-order valence-corrected chi connectivity index (χ4v) is 5.02. The van der Waals surface area contributed by atoms with E-state index in [-0.39, 0.29) is 5.54 Å². The molecular weight excluding hydrogens is 242 g/mol. The second kappa shape index (κ2) is 6.12. The van der Waals surface area contributed by atoms with Crippen LogP contribution < -0.4 is 5.73 Å². The molecule has 3 atom stereocenters. The second-order valence-corrected chi connectivity index (χ2v) is 7.30. The van der Waals surface area contributed by atoms with E-state index in [9.17, 15) is 0 Å². The minimum atomic E-state index is 0.261. The minimum Gasteiger partial charge on any atom is -0.329 e. The van der Waals surface area contributed by atoms with Gasteiger partial charge in [-0.15, -0.1) is 0 Å². The van der Waals surface area contributed by atoms with Crippen molar-refractivity contribution in [2.24, 2.45) is 5.73 Å². The third-order valence-electron chi connectivity index (χ3n) is 5.03. The molecule has 2 saturated heterocycles. The summed E-state index contributed by atoms with van der Waals surface area (Å²) < 4.78 is 0. The maximum Gasteiger partial charge on any atom is 0.0448 e. The summed E-state index contributed by atoms with van der Waals surface area (Å²) in [6, 6.07) is 0.673. The molecule has 2 heterocycles. The molecule has 2 rings (SSSR count). The highest BCUT2D eigenvalue weighted by molar-refractivity contribution is 8.00. The molecule has 0 aromatic carbocycles. The van der Waals surface area contributed by atoms with Crippen LogP contribution >= 0.6 is 11.8 Å². The molecule has 3 nitrogen and oxygen atoms in total. The van der Waals surface area contributed by atoms with Gasteiger partial charge in [0, 0.05) is 43.0 Å². The Morgan fingerprint density at radius 2 is 2.11 bits per heavy atom. The molecule has 3 unspecified atom stereocenters. The van der Waals surface area contributed by atoms with Crippen LogP contribution in [0.25, 0.3) is 0 Å². The van der Waals surface area contributed by atoms with E-state index in [0.29, 0.717) is 11.3 Å². The maximum atomic E-state index is 6.20. The summed E-state index contributed by atoms with van der Waals surface area (Å²) in [7, 11) is 0. The van der Waals surface area contributed by atoms with Crippen molar-refractivity contribution in [3.05, 3.63) is 0 Å². The predicted octanol–water partition coefficient (Wildman–Crippen LogP) is 1.63. The Bertz CT molecular complexity index is 274. The van der Waals surface area contributed by atoms with Gasteiger partial charge in [0.1, 0.15) is 0 Å². The van der Waals surface area contributed by atoms with Crippen LogP contribution in [0.1, 0.15) is 33.6 Å². The van der Waals surface area contributed by atoms with E-state index >= 15 is 0 Å². The van der Waals surface area contributed by atoms with Gasteiger partial charge in [0.15, 0.2) is 0 Å². The van der Waals surface area contributed by atoms with Gasteiger partial charge in [0.05, 0.1) is 0 Å². The molecule has 2 aliphatic rings. The van der Waals surface area contributed by atoms with Gasteiger partial charge >= 0.3 is 0 Å². The van der Waals surface area contributed by atoms with Crippen LogP contribution in [0.3, 0.4) is 0 Å². The molecular formula is C14H29N3S. The van der Waals surface area contributed by atoms with E-state index in [2.05, 4.69) is 42.3 Å². The van der Waals surface area contributed by atoms with Gasteiger partial charge in [-0.3, -0.25) is 9.80 Å². The smallest absolute Gasteiger partial charge is 0.0448 e. The summed E-state index contributed by atoms with van der Waals surface area (Å²) in [5, 5.41) is 0.677. The number of nitrogens with zero attached hydrogens (tertiary/aromatic N) is 2. The Kier molecular flexibility index (Phi) is 4.98. The number of rotatable bonds is 3. The highest BCUT2D eigenvalue weighted by Gasteiger charge is 2.44. The minimum absolute atomic E-state index is 0.261. The zero-order valence-electron chi connectivity index (χ0n) is 12.2. The number of piperazine rings is 1. The lowest BCUT2D eigenvalue weighted by Crippen LogP contribution is -2.66. The molecule has 2 aliphatic heterocycles. The van der Waals surface area contributed by atoms with Crippen molar-refractivity contribution in [3.8, 4) is 0 Å². The van der Waals surface area contributed by atoms with Crippen LogP contribution in [0.4, 0.5) is 0 Å². The molecule has 2 fully saturated rings. The monoisotopic (exact) mass is 271 g/mol. The third-order valence-corrected chi connectivity index (χ3v) is 6.50. The Hall–Kier alpha value is 0.230. The first kappa shape index (κ1) is 14.6. The Morgan fingerprint density at radius 1 is 1.33 bits per heavy atom. The quantitative estimate of drug-likeness (QED) is 0.845. The van der Waals surface area contributed by atoms with Gasteiger partial charge in [-0.25, -0.2) is 0 Å². The van der Waals surface area contributed by atoms with Crippen molar-refractivity contribution in [2.75, 3.05) is 38.5 Å². The van der Waals surface area contributed by atoms with Crippen molar-refractivity contribution < 1.29 is 0 Å². The van der Waals surface area contributed by atoms with Gasteiger partial charge in [-0.05, 0) is 32.1 Å². The summed E-state index contributed by atoms with van der Waals surface area (Å²) >= 11 is 2.12. The van der Waals surface area contributed by atoms with Crippen LogP contribution in [0, 0.1) is 0 Å². The molecule has 2 N–H and O–H groups in total. The second-order valence-electron chi connectivity index (χ2n) is 5.85. The first-order valence-electron chi connectivity index (χ1n) is 7.45. The molecule has 0 radical (unpaired) electrons.